The smallest absolute Gasteiger partial charge is 0.318 e. The van der Waals surface area contributed by atoms with E-state index < -0.39 is 18.0 Å². The Bertz CT molecular complexity index is 380. The molecule has 0 aromatic carbocycles. The van der Waals surface area contributed by atoms with Crippen LogP contribution in [0.2, 0.25) is 0 Å². The summed E-state index contributed by atoms with van der Waals surface area (Å²) >= 11 is 0. The molecule has 1 aliphatic heterocycles. The molecule has 0 saturated carbocycles. The van der Waals surface area contributed by atoms with Crippen molar-refractivity contribution in [3.63, 3.8) is 0 Å². The maximum absolute atomic E-state index is 12.0. The Labute approximate surface area is 125 Å². The molecule has 2 N–H and O–H groups in total. The number of hydrogen-bond acceptors (Lipinski definition) is 3. The first-order valence-corrected chi connectivity index (χ1v) is 7.49. The van der Waals surface area contributed by atoms with Gasteiger partial charge in [0.25, 0.3) is 0 Å². The minimum Gasteiger partial charge on any atom is -0.481 e. The van der Waals surface area contributed by atoms with Gasteiger partial charge in [0.15, 0.2) is 0 Å². The lowest BCUT2D eigenvalue weighted by Crippen LogP contribution is -2.49. The Morgan fingerprint density at radius 2 is 1.86 bits per heavy atom. The van der Waals surface area contributed by atoms with Crippen molar-refractivity contribution in [2.45, 2.75) is 45.6 Å². The highest BCUT2D eigenvalue weighted by molar-refractivity contribution is 5.84. The lowest BCUT2D eigenvalue weighted by atomic mass is 10.1. The van der Waals surface area contributed by atoms with Gasteiger partial charge in [0.2, 0.25) is 5.91 Å². The predicted molar refractivity (Wildman–Crippen MR) is 77.9 cm³/mol. The van der Waals surface area contributed by atoms with Gasteiger partial charge in [0.05, 0.1) is 13.0 Å². The van der Waals surface area contributed by atoms with Crippen molar-refractivity contribution in [2.75, 3.05) is 26.2 Å². The van der Waals surface area contributed by atoms with E-state index in [0.717, 1.165) is 32.4 Å². The second-order valence-corrected chi connectivity index (χ2v) is 5.33. The third-order valence-electron chi connectivity index (χ3n) is 3.70. The Hall–Kier alpha value is -1.79. The van der Waals surface area contributed by atoms with Crippen LogP contribution in [0.25, 0.3) is 0 Å². The maximum Gasteiger partial charge on any atom is 0.318 e. The summed E-state index contributed by atoms with van der Waals surface area (Å²) in [4.78, 5) is 37.9. The summed E-state index contributed by atoms with van der Waals surface area (Å²) in [5.41, 5.74) is 0. The number of carboxylic acid groups (broad SMARTS) is 1. The molecular formula is C14H25N3O4. The fourth-order valence-electron chi connectivity index (χ4n) is 2.53. The minimum absolute atomic E-state index is 0.0326. The number of aliphatic carboxylic acids is 1. The molecule has 0 bridgehead atoms. The molecule has 0 aromatic heterocycles. The zero-order chi connectivity index (χ0) is 15.8. The van der Waals surface area contributed by atoms with Crippen LogP contribution in [0.1, 0.15) is 39.5 Å². The average molecular weight is 299 g/mol. The quantitative estimate of drug-likeness (QED) is 0.762. The van der Waals surface area contributed by atoms with Gasteiger partial charge in [0, 0.05) is 25.7 Å². The van der Waals surface area contributed by atoms with Crippen molar-refractivity contribution >= 4 is 17.9 Å². The van der Waals surface area contributed by atoms with E-state index in [0.29, 0.717) is 6.54 Å². The van der Waals surface area contributed by atoms with E-state index in [4.69, 9.17) is 5.11 Å². The molecule has 1 atom stereocenters. The summed E-state index contributed by atoms with van der Waals surface area (Å²) in [6.45, 7) is 5.34. The average Bonchev–Trinajstić information content (AvgIpc) is 2.45. The number of carbonyl (C=O) groups is 3. The highest BCUT2D eigenvalue weighted by Gasteiger charge is 2.22. The molecule has 3 amide bonds. The summed E-state index contributed by atoms with van der Waals surface area (Å²) in [7, 11) is 0. The fraction of sp³-hybridized carbons (Fsp3) is 0.786. The van der Waals surface area contributed by atoms with Crippen LogP contribution in [-0.2, 0) is 9.59 Å². The zero-order valence-corrected chi connectivity index (χ0v) is 12.8. The van der Waals surface area contributed by atoms with Gasteiger partial charge in [-0.2, -0.15) is 0 Å². The van der Waals surface area contributed by atoms with Crippen molar-refractivity contribution in [1.29, 1.82) is 0 Å². The Balaban J connectivity index is 2.42. The van der Waals surface area contributed by atoms with Crippen molar-refractivity contribution in [3.05, 3.63) is 0 Å². The second-order valence-electron chi connectivity index (χ2n) is 5.33. The molecular weight excluding hydrogens is 274 g/mol. The molecule has 0 radical (unpaired) electrons. The van der Waals surface area contributed by atoms with Gasteiger partial charge in [0.1, 0.15) is 0 Å². The molecule has 7 heteroatoms. The van der Waals surface area contributed by atoms with Gasteiger partial charge in [-0.25, -0.2) is 4.79 Å². The zero-order valence-electron chi connectivity index (χ0n) is 12.8. The van der Waals surface area contributed by atoms with Crippen LogP contribution in [-0.4, -0.2) is 65.0 Å². The van der Waals surface area contributed by atoms with E-state index in [1.807, 2.05) is 0 Å². The number of piperidine rings is 1. The molecule has 0 aliphatic carbocycles. The van der Waals surface area contributed by atoms with E-state index in [9.17, 15) is 14.4 Å². The lowest BCUT2D eigenvalue weighted by molar-refractivity contribution is -0.138. The number of hydrogen-bond donors (Lipinski definition) is 2. The third-order valence-corrected chi connectivity index (χ3v) is 3.70. The van der Waals surface area contributed by atoms with Crippen LogP contribution < -0.4 is 5.32 Å². The van der Waals surface area contributed by atoms with Crippen LogP contribution >= 0.6 is 0 Å². The van der Waals surface area contributed by atoms with Gasteiger partial charge in [-0.3, -0.25) is 9.59 Å². The minimum atomic E-state index is -0.946. The van der Waals surface area contributed by atoms with Crippen molar-refractivity contribution in [1.82, 2.24) is 15.1 Å². The molecule has 0 spiro atoms. The topological polar surface area (TPSA) is 90.0 Å². The third kappa shape index (κ3) is 5.61. The molecule has 1 fully saturated rings. The first-order valence-electron chi connectivity index (χ1n) is 7.49. The SMILES string of the molecule is CCN(C(=O)NCC(=O)N1CCCCC1)C(C)CC(=O)O. The van der Waals surface area contributed by atoms with E-state index in [2.05, 4.69) is 5.32 Å². The monoisotopic (exact) mass is 299 g/mol. The van der Waals surface area contributed by atoms with Crippen LogP contribution in [0, 0.1) is 0 Å². The van der Waals surface area contributed by atoms with Crippen molar-refractivity contribution < 1.29 is 19.5 Å². The number of carbonyl (C=O) groups excluding carboxylic acids is 2. The molecule has 0 aromatic rings. The largest absolute Gasteiger partial charge is 0.481 e. The first kappa shape index (κ1) is 17.3. The summed E-state index contributed by atoms with van der Waals surface area (Å²) in [5.74, 6) is -1.02. The summed E-state index contributed by atoms with van der Waals surface area (Å²) in [5, 5.41) is 11.4. The highest BCUT2D eigenvalue weighted by atomic mass is 16.4. The molecule has 7 nitrogen and oxygen atoms in total. The maximum atomic E-state index is 12.0. The number of rotatable bonds is 6. The number of likely N-dealkylation sites (tertiary alicyclic amines) is 1. The van der Waals surface area contributed by atoms with Crippen LogP contribution in [0.15, 0.2) is 0 Å². The number of carboxylic acids is 1. The fourth-order valence-corrected chi connectivity index (χ4v) is 2.53. The van der Waals surface area contributed by atoms with Gasteiger partial charge < -0.3 is 20.2 Å². The number of amides is 3. The standard InChI is InChI=1S/C14H25N3O4/c1-3-17(11(2)9-13(19)20)14(21)15-10-12(18)16-7-5-4-6-8-16/h11H,3-10H2,1-2H3,(H,15,21)(H,19,20). The molecule has 21 heavy (non-hydrogen) atoms. The van der Waals surface area contributed by atoms with Crippen molar-refractivity contribution in [2.24, 2.45) is 0 Å². The van der Waals surface area contributed by atoms with Crippen molar-refractivity contribution in [3.8, 4) is 0 Å². The Morgan fingerprint density at radius 3 is 2.38 bits per heavy atom. The van der Waals surface area contributed by atoms with Crippen LogP contribution in [0.3, 0.4) is 0 Å². The van der Waals surface area contributed by atoms with E-state index >= 15 is 0 Å². The molecule has 1 rings (SSSR count). The number of nitrogens with one attached hydrogen (secondary N) is 1. The first-order chi connectivity index (χ1) is 9.95. The summed E-state index contributed by atoms with van der Waals surface area (Å²) < 4.78 is 0. The molecule has 1 saturated heterocycles. The highest BCUT2D eigenvalue weighted by Crippen LogP contribution is 2.08. The van der Waals surface area contributed by atoms with Gasteiger partial charge in [-0.1, -0.05) is 0 Å². The number of nitrogens with zero attached hydrogens (tertiary/aromatic N) is 2. The van der Waals surface area contributed by atoms with E-state index in [1.165, 1.54) is 4.90 Å². The summed E-state index contributed by atoms with van der Waals surface area (Å²) in [6.07, 6.45) is 3.06. The van der Waals surface area contributed by atoms with Gasteiger partial charge in [-0.05, 0) is 33.1 Å². The second kappa shape index (κ2) is 8.49. The van der Waals surface area contributed by atoms with Crippen LogP contribution in [0.4, 0.5) is 4.79 Å². The van der Waals surface area contributed by atoms with E-state index in [1.54, 1.807) is 18.7 Å². The molecule has 1 unspecified atom stereocenters. The molecule has 1 aliphatic rings. The lowest BCUT2D eigenvalue weighted by Gasteiger charge is -2.29. The number of urea groups is 1. The molecule has 120 valence electrons. The Morgan fingerprint density at radius 1 is 1.24 bits per heavy atom. The Kier molecular flexibility index (Phi) is 6.98. The van der Waals surface area contributed by atoms with Gasteiger partial charge >= 0.3 is 12.0 Å². The predicted octanol–water partition coefficient (Wildman–Crippen LogP) is 0.894. The van der Waals surface area contributed by atoms with E-state index in [-0.39, 0.29) is 18.9 Å². The normalized spacial score (nSPS) is 16.2. The van der Waals surface area contributed by atoms with Crippen LogP contribution in [0.5, 0.6) is 0 Å². The molecule has 1 heterocycles. The summed E-state index contributed by atoms with van der Waals surface area (Å²) in [6, 6.07) is -0.797. The van der Waals surface area contributed by atoms with Gasteiger partial charge in [-0.15, -0.1) is 0 Å².